The number of likely N-dealkylation sites (tertiary alicyclic amines) is 1. The molecule has 0 radical (unpaired) electrons. The molecular weight excluding hydrogens is 332 g/mol. The number of carbonyl (C=O) groups is 1. The minimum absolute atomic E-state index is 0.0375. The molecule has 2 aliphatic heterocycles. The number of rotatable bonds is 3. The van der Waals surface area contributed by atoms with Gasteiger partial charge >= 0.3 is 0 Å². The lowest BCUT2D eigenvalue weighted by Crippen LogP contribution is -2.42. The Morgan fingerprint density at radius 1 is 1.32 bits per heavy atom. The van der Waals surface area contributed by atoms with Gasteiger partial charge in [-0.15, -0.1) is 11.3 Å². The summed E-state index contributed by atoms with van der Waals surface area (Å²) in [5, 5.41) is 3.03. The van der Waals surface area contributed by atoms with Gasteiger partial charge in [-0.25, -0.2) is 9.98 Å². The average molecular weight is 354 g/mol. The van der Waals surface area contributed by atoms with E-state index in [0.717, 1.165) is 42.0 Å². The first-order chi connectivity index (χ1) is 12.0. The van der Waals surface area contributed by atoms with E-state index in [0.29, 0.717) is 0 Å². The van der Waals surface area contributed by atoms with Gasteiger partial charge in [-0.2, -0.15) is 0 Å². The number of carbonyl (C=O) groups excluding carboxylic acids is 1. The molecule has 2 aliphatic rings. The SMILES string of the molecule is Cc1ncsc1-c1ccc(C2(C)N=C(C3CCCN3C)NC2=O)cc1. The molecule has 2 unspecified atom stereocenters. The minimum atomic E-state index is -0.847. The Bertz CT molecular complexity index is 841. The van der Waals surface area contributed by atoms with Crippen LogP contribution < -0.4 is 5.32 Å². The van der Waals surface area contributed by atoms with E-state index >= 15 is 0 Å². The van der Waals surface area contributed by atoms with E-state index < -0.39 is 5.54 Å². The number of benzene rings is 1. The summed E-state index contributed by atoms with van der Waals surface area (Å²) in [6.45, 7) is 4.97. The molecule has 1 saturated heterocycles. The zero-order valence-electron chi connectivity index (χ0n) is 14.7. The number of likely N-dealkylation sites (N-methyl/N-ethyl adjacent to an activating group) is 1. The van der Waals surface area contributed by atoms with Gasteiger partial charge in [0.25, 0.3) is 5.91 Å². The second-order valence-corrected chi connectivity index (χ2v) is 7.86. The monoisotopic (exact) mass is 354 g/mol. The number of nitrogens with one attached hydrogen (secondary N) is 1. The summed E-state index contributed by atoms with van der Waals surface area (Å²) in [6.07, 6.45) is 2.20. The number of nitrogens with zero attached hydrogens (tertiary/aromatic N) is 3. The third kappa shape index (κ3) is 2.69. The van der Waals surface area contributed by atoms with Crippen LogP contribution >= 0.6 is 11.3 Å². The van der Waals surface area contributed by atoms with Crippen LogP contribution in [0.5, 0.6) is 0 Å². The van der Waals surface area contributed by atoms with Gasteiger partial charge in [-0.3, -0.25) is 9.69 Å². The molecular formula is C19H22N4OS. The fraction of sp³-hybridized carbons (Fsp3) is 0.421. The van der Waals surface area contributed by atoms with Crippen molar-refractivity contribution in [3.05, 3.63) is 41.0 Å². The lowest BCUT2D eigenvalue weighted by Gasteiger charge is -2.19. The van der Waals surface area contributed by atoms with Gasteiger partial charge in [0.15, 0.2) is 5.54 Å². The lowest BCUT2D eigenvalue weighted by molar-refractivity contribution is -0.123. The lowest BCUT2D eigenvalue weighted by atomic mass is 9.91. The second kappa shape index (κ2) is 6.04. The predicted molar refractivity (Wildman–Crippen MR) is 101 cm³/mol. The van der Waals surface area contributed by atoms with Gasteiger partial charge in [0, 0.05) is 0 Å². The summed E-state index contributed by atoms with van der Waals surface area (Å²) >= 11 is 1.63. The summed E-state index contributed by atoms with van der Waals surface area (Å²) in [5.74, 6) is 0.777. The van der Waals surface area contributed by atoms with E-state index in [1.54, 1.807) is 11.3 Å². The van der Waals surface area contributed by atoms with Crippen LogP contribution in [0.2, 0.25) is 0 Å². The molecule has 1 N–H and O–H groups in total. The highest BCUT2D eigenvalue weighted by Crippen LogP contribution is 2.34. The molecule has 0 bridgehead atoms. The van der Waals surface area contributed by atoms with E-state index in [2.05, 4.69) is 34.4 Å². The van der Waals surface area contributed by atoms with Crippen LogP contribution in [0.25, 0.3) is 10.4 Å². The van der Waals surface area contributed by atoms with Gasteiger partial charge in [0.05, 0.1) is 22.1 Å². The zero-order chi connectivity index (χ0) is 17.6. The quantitative estimate of drug-likeness (QED) is 0.922. The first-order valence-corrected chi connectivity index (χ1v) is 9.49. The Morgan fingerprint density at radius 2 is 2.08 bits per heavy atom. The average Bonchev–Trinajstić information content (AvgIpc) is 3.29. The van der Waals surface area contributed by atoms with Crippen LogP contribution in [-0.2, 0) is 10.3 Å². The number of amides is 1. The highest BCUT2D eigenvalue weighted by Gasteiger charge is 2.43. The van der Waals surface area contributed by atoms with Crippen LogP contribution in [0.3, 0.4) is 0 Å². The first kappa shape index (κ1) is 16.4. The Kier molecular flexibility index (Phi) is 3.96. The standard InChI is InChI=1S/C19H22N4OS/c1-12-16(25-11-20-12)13-6-8-14(9-7-13)19(2)18(24)21-17(22-19)15-5-4-10-23(15)3/h6-9,11,15H,4-5,10H2,1-3H3,(H,21,22,24). The Morgan fingerprint density at radius 3 is 2.68 bits per heavy atom. The number of amidine groups is 1. The Labute approximate surface area is 151 Å². The second-order valence-electron chi connectivity index (χ2n) is 7.01. The molecule has 1 aromatic heterocycles. The van der Waals surface area contributed by atoms with Crippen molar-refractivity contribution in [2.75, 3.05) is 13.6 Å². The Balaban J connectivity index is 1.65. The smallest absolute Gasteiger partial charge is 0.257 e. The predicted octanol–water partition coefficient (Wildman–Crippen LogP) is 2.96. The van der Waals surface area contributed by atoms with Crippen molar-refractivity contribution >= 4 is 23.1 Å². The molecule has 1 amide bonds. The summed E-state index contributed by atoms with van der Waals surface area (Å²) in [5.41, 5.74) is 4.10. The molecule has 1 fully saturated rings. The fourth-order valence-corrected chi connectivity index (χ4v) is 4.50. The molecule has 0 aliphatic carbocycles. The topological polar surface area (TPSA) is 57.6 Å². The van der Waals surface area contributed by atoms with Crippen molar-refractivity contribution in [2.45, 2.75) is 38.3 Å². The first-order valence-electron chi connectivity index (χ1n) is 8.61. The number of aryl methyl sites for hydroxylation is 1. The zero-order valence-corrected chi connectivity index (χ0v) is 15.6. The third-order valence-corrected chi connectivity index (χ3v) is 6.30. The maximum Gasteiger partial charge on any atom is 0.257 e. The Hall–Kier alpha value is -2.05. The molecule has 5 nitrogen and oxygen atoms in total. The molecule has 25 heavy (non-hydrogen) atoms. The van der Waals surface area contributed by atoms with Crippen LogP contribution in [-0.4, -0.2) is 41.3 Å². The van der Waals surface area contributed by atoms with Crippen LogP contribution in [0, 0.1) is 6.92 Å². The third-order valence-electron chi connectivity index (χ3n) is 5.32. The van der Waals surface area contributed by atoms with E-state index in [9.17, 15) is 4.79 Å². The van der Waals surface area contributed by atoms with Crippen molar-refractivity contribution in [2.24, 2.45) is 4.99 Å². The number of hydrogen-bond donors (Lipinski definition) is 1. The highest BCUT2D eigenvalue weighted by atomic mass is 32.1. The highest BCUT2D eigenvalue weighted by molar-refractivity contribution is 7.13. The van der Waals surface area contributed by atoms with Crippen molar-refractivity contribution in [1.82, 2.24) is 15.2 Å². The van der Waals surface area contributed by atoms with Crippen molar-refractivity contribution in [3.63, 3.8) is 0 Å². The van der Waals surface area contributed by atoms with Crippen molar-refractivity contribution < 1.29 is 4.79 Å². The van der Waals surface area contributed by atoms with Gasteiger partial charge in [-0.1, -0.05) is 24.3 Å². The molecule has 2 atom stereocenters. The van der Waals surface area contributed by atoms with E-state index in [1.807, 2.05) is 31.5 Å². The van der Waals surface area contributed by atoms with E-state index in [4.69, 9.17) is 4.99 Å². The summed E-state index contributed by atoms with van der Waals surface area (Å²) in [7, 11) is 2.09. The molecule has 4 rings (SSSR count). The number of thiazole rings is 1. The summed E-state index contributed by atoms with van der Waals surface area (Å²) in [6, 6.07) is 8.37. The van der Waals surface area contributed by atoms with Crippen LogP contribution in [0.4, 0.5) is 0 Å². The van der Waals surface area contributed by atoms with Crippen molar-refractivity contribution in [1.29, 1.82) is 0 Å². The molecule has 130 valence electrons. The van der Waals surface area contributed by atoms with Crippen LogP contribution in [0.15, 0.2) is 34.8 Å². The molecule has 2 aromatic rings. The van der Waals surface area contributed by atoms with E-state index in [-0.39, 0.29) is 11.9 Å². The van der Waals surface area contributed by atoms with Gasteiger partial charge < -0.3 is 5.32 Å². The number of hydrogen-bond acceptors (Lipinski definition) is 5. The van der Waals surface area contributed by atoms with E-state index in [1.165, 1.54) is 4.88 Å². The van der Waals surface area contributed by atoms with Gasteiger partial charge in [0.2, 0.25) is 0 Å². The molecule has 3 heterocycles. The minimum Gasteiger partial charge on any atom is -0.311 e. The molecule has 0 spiro atoms. The van der Waals surface area contributed by atoms with Gasteiger partial charge in [0.1, 0.15) is 5.84 Å². The largest absolute Gasteiger partial charge is 0.311 e. The number of aliphatic imine (C=N–C) groups is 1. The summed E-state index contributed by atoms with van der Waals surface area (Å²) in [4.78, 5) is 25.2. The maximum absolute atomic E-state index is 12.7. The normalized spacial score (nSPS) is 26.8. The van der Waals surface area contributed by atoms with Crippen LogP contribution in [0.1, 0.15) is 31.0 Å². The number of aromatic nitrogens is 1. The maximum atomic E-state index is 12.7. The van der Waals surface area contributed by atoms with Crippen molar-refractivity contribution in [3.8, 4) is 10.4 Å². The molecule has 0 saturated carbocycles. The molecule has 1 aromatic carbocycles. The van der Waals surface area contributed by atoms with Gasteiger partial charge in [-0.05, 0) is 51.4 Å². The molecule has 6 heteroatoms. The fourth-order valence-electron chi connectivity index (χ4n) is 3.69. The summed E-state index contributed by atoms with van der Waals surface area (Å²) < 4.78 is 0.